The van der Waals surface area contributed by atoms with Crippen molar-refractivity contribution in [1.29, 1.82) is 0 Å². The Hall–Kier alpha value is -0.590. The van der Waals surface area contributed by atoms with Crippen molar-refractivity contribution >= 4 is 6.29 Å². The highest BCUT2D eigenvalue weighted by atomic mass is 16.1. The van der Waals surface area contributed by atoms with Crippen molar-refractivity contribution in [1.82, 2.24) is 0 Å². The lowest BCUT2D eigenvalue weighted by Crippen LogP contribution is -2.03. The molecule has 1 unspecified atom stereocenters. The minimum absolute atomic E-state index is 0.547. The second-order valence-electron chi connectivity index (χ2n) is 3.07. The first-order valence-electron chi connectivity index (χ1n) is 3.94. The number of allylic oxidation sites excluding steroid dienone is 2. The molecule has 0 bridgehead atoms. The van der Waals surface area contributed by atoms with Gasteiger partial charge >= 0.3 is 0 Å². The standard InChI is InChI=1S/C9H14O/c1-8-3-2-4-9(7-8)5-6-10/h6-7,9H,2-5H2,1H3. The molecule has 10 heavy (non-hydrogen) atoms. The van der Waals surface area contributed by atoms with Crippen molar-refractivity contribution < 1.29 is 4.79 Å². The van der Waals surface area contributed by atoms with Crippen LogP contribution in [0.5, 0.6) is 0 Å². The molecule has 0 heterocycles. The first-order chi connectivity index (χ1) is 4.83. The van der Waals surface area contributed by atoms with E-state index in [2.05, 4.69) is 13.0 Å². The third kappa shape index (κ3) is 1.98. The van der Waals surface area contributed by atoms with Crippen LogP contribution in [0.15, 0.2) is 11.6 Å². The third-order valence-electron chi connectivity index (χ3n) is 2.07. The van der Waals surface area contributed by atoms with Crippen LogP contribution in [0.1, 0.15) is 32.6 Å². The van der Waals surface area contributed by atoms with Gasteiger partial charge in [-0.3, -0.25) is 0 Å². The normalized spacial score (nSPS) is 25.7. The topological polar surface area (TPSA) is 17.1 Å². The summed E-state index contributed by atoms with van der Waals surface area (Å²) in [6.45, 7) is 2.15. The molecule has 1 aliphatic carbocycles. The van der Waals surface area contributed by atoms with Crippen LogP contribution in [-0.4, -0.2) is 6.29 Å². The average molecular weight is 138 g/mol. The quantitative estimate of drug-likeness (QED) is 0.423. The summed E-state index contributed by atoms with van der Waals surface area (Å²) < 4.78 is 0. The number of carbonyl (C=O) groups excluding carboxylic acids is 1. The van der Waals surface area contributed by atoms with Crippen LogP contribution >= 0.6 is 0 Å². The number of rotatable bonds is 2. The highest BCUT2D eigenvalue weighted by molar-refractivity contribution is 5.50. The lowest BCUT2D eigenvalue weighted by molar-refractivity contribution is -0.108. The third-order valence-corrected chi connectivity index (χ3v) is 2.07. The van der Waals surface area contributed by atoms with E-state index >= 15 is 0 Å². The van der Waals surface area contributed by atoms with Gasteiger partial charge in [-0.05, 0) is 32.1 Å². The number of hydrogen-bond donors (Lipinski definition) is 0. The predicted octanol–water partition coefficient (Wildman–Crippen LogP) is 2.32. The van der Waals surface area contributed by atoms with Crippen molar-refractivity contribution in [3.8, 4) is 0 Å². The zero-order chi connectivity index (χ0) is 7.40. The van der Waals surface area contributed by atoms with Crippen LogP contribution in [-0.2, 0) is 4.79 Å². The molecule has 1 aliphatic rings. The van der Waals surface area contributed by atoms with E-state index in [1.165, 1.54) is 24.8 Å². The van der Waals surface area contributed by atoms with Gasteiger partial charge in [-0.25, -0.2) is 0 Å². The van der Waals surface area contributed by atoms with Gasteiger partial charge in [0.15, 0.2) is 0 Å². The predicted molar refractivity (Wildman–Crippen MR) is 41.8 cm³/mol. The van der Waals surface area contributed by atoms with E-state index in [0.29, 0.717) is 5.92 Å². The maximum absolute atomic E-state index is 10.2. The molecule has 0 amide bonds. The Balaban J connectivity index is 2.45. The molecule has 0 fully saturated rings. The van der Waals surface area contributed by atoms with Gasteiger partial charge < -0.3 is 4.79 Å². The smallest absolute Gasteiger partial charge is 0.120 e. The van der Waals surface area contributed by atoms with Crippen molar-refractivity contribution in [2.24, 2.45) is 5.92 Å². The number of hydrogen-bond acceptors (Lipinski definition) is 1. The molecule has 0 saturated carbocycles. The van der Waals surface area contributed by atoms with E-state index in [-0.39, 0.29) is 0 Å². The highest BCUT2D eigenvalue weighted by Gasteiger charge is 2.09. The highest BCUT2D eigenvalue weighted by Crippen LogP contribution is 2.23. The number of carbonyl (C=O) groups is 1. The van der Waals surface area contributed by atoms with Crippen molar-refractivity contribution in [2.45, 2.75) is 32.6 Å². The van der Waals surface area contributed by atoms with E-state index in [0.717, 1.165) is 12.7 Å². The van der Waals surface area contributed by atoms with Gasteiger partial charge in [-0.2, -0.15) is 0 Å². The van der Waals surface area contributed by atoms with Crippen molar-refractivity contribution in [3.63, 3.8) is 0 Å². The van der Waals surface area contributed by atoms with Crippen LogP contribution in [0.2, 0.25) is 0 Å². The second kappa shape index (κ2) is 3.55. The molecule has 0 aromatic carbocycles. The Kier molecular flexibility index (Phi) is 2.67. The minimum Gasteiger partial charge on any atom is -0.303 e. The van der Waals surface area contributed by atoms with E-state index < -0.39 is 0 Å². The van der Waals surface area contributed by atoms with E-state index in [9.17, 15) is 4.79 Å². The van der Waals surface area contributed by atoms with Crippen LogP contribution in [0.25, 0.3) is 0 Å². The SMILES string of the molecule is CC1=CC(CC=O)CCC1. The molecule has 0 spiro atoms. The van der Waals surface area contributed by atoms with E-state index in [1.807, 2.05) is 0 Å². The van der Waals surface area contributed by atoms with Gasteiger partial charge in [-0.15, -0.1) is 0 Å². The summed E-state index contributed by atoms with van der Waals surface area (Å²) in [4.78, 5) is 10.2. The van der Waals surface area contributed by atoms with Gasteiger partial charge in [0.05, 0.1) is 0 Å². The van der Waals surface area contributed by atoms with E-state index in [1.54, 1.807) is 0 Å². The minimum atomic E-state index is 0.547. The van der Waals surface area contributed by atoms with Gasteiger partial charge in [0.25, 0.3) is 0 Å². The average Bonchev–Trinajstić information content (AvgIpc) is 1.88. The summed E-state index contributed by atoms with van der Waals surface area (Å²) in [5.41, 5.74) is 1.46. The first kappa shape index (κ1) is 7.52. The Morgan fingerprint density at radius 2 is 2.60 bits per heavy atom. The van der Waals surface area contributed by atoms with Crippen LogP contribution in [0.3, 0.4) is 0 Å². The molecule has 1 nitrogen and oxygen atoms in total. The molecule has 0 aromatic heterocycles. The Bertz CT molecular complexity index is 147. The van der Waals surface area contributed by atoms with E-state index in [4.69, 9.17) is 0 Å². The molecule has 0 aromatic rings. The maximum atomic E-state index is 10.2. The van der Waals surface area contributed by atoms with Crippen LogP contribution in [0, 0.1) is 5.92 Å². The molecule has 1 heteroatoms. The summed E-state index contributed by atoms with van der Waals surface area (Å²) in [5, 5.41) is 0. The molecule has 56 valence electrons. The molecule has 1 rings (SSSR count). The summed E-state index contributed by atoms with van der Waals surface area (Å²) in [7, 11) is 0. The maximum Gasteiger partial charge on any atom is 0.120 e. The fraction of sp³-hybridized carbons (Fsp3) is 0.667. The van der Waals surface area contributed by atoms with Crippen molar-refractivity contribution in [3.05, 3.63) is 11.6 Å². The summed E-state index contributed by atoms with van der Waals surface area (Å²) in [6, 6.07) is 0. The molecule has 0 N–H and O–H groups in total. The molecular formula is C9H14O. The zero-order valence-electron chi connectivity index (χ0n) is 6.47. The summed E-state index contributed by atoms with van der Waals surface area (Å²) >= 11 is 0. The van der Waals surface area contributed by atoms with Crippen LogP contribution < -0.4 is 0 Å². The Morgan fingerprint density at radius 3 is 3.20 bits per heavy atom. The van der Waals surface area contributed by atoms with Gasteiger partial charge in [0, 0.05) is 6.42 Å². The van der Waals surface area contributed by atoms with Crippen LogP contribution in [0.4, 0.5) is 0 Å². The fourth-order valence-electron chi connectivity index (χ4n) is 1.52. The van der Waals surface area contributed by atoms with Gasteiger partial charge in [0.1, 0.15) is 6.29 Å². The zero-order valence-corrected chi connectivity index (χ0v) is 6.47. The summed E-state index contributed by atoms with van der Waals surface area (Å²) in [5.74, 6) is 0.547. The number of aldehydes is 1. The fourth-order valence-corrected chi connectivity index (χ4v) is 1.52. The summed E-state index contributed by atoms with van der Waals surface area (Å²) in [6.07, 6.45) is 7.70. The molecule has 0 radical (unpaired) electrons. The molecule has 0 aliphatic heterocycles. The lowest BCUT2D eigenvalue weighted by Gasteiger charge is -2.16. The Morgan fingerprint density at radius 1 is 1.80 bits per heavy atom. The van der Waals surface area contributed by atoms with Crippen molar-refractivity contribution in [2.75, 3.05) is 0 Å². The lowest BCUT2D eigenvalue weighted by atomic mass is 9.89. The largest absolute Gasteiger partial charge is 0.303 e. The second-order valence-corrected chi connectivity index (χ2v) is 3.07. The van der Waals surface area contributed by atoms with Gasteiger partial charge in [0.2, 0.25) is 0 Å². The first-order valence-corrected chi connectivity index (χ1v) is 3.94. The van der Waals surface area contributed by atoms with Gasteiger partial charge in [-0.1, -0.05) is 11.6 Å². The molecule has 1 atom stereocenters. The Labute approximate surface area is 62.1 Å². The molecule has 0 saturated heterocycles. The molecular weight excluding hydrogens is 124 g/mol. The monoisotopic (exact) mass is 138 g/mol.